The molecule has 0 unspecified atom stereocenters. The number of thiazole rings is 1. The van der Waals surface area contributed by atoms with Gasteiger partial charge in [0.25, 0.3) is 15.6 Å². The average molecular weight is 650 g/mol. The van der Waals surface area contributed by atoms with E-state index in [1.54, 1.807) is 40.7 Å². The second-order valence-corrected chi connectivity index (χ2v) is 14.0. The molecule has 2 aliphatic rings. The number of nitriles is 1. The number of sulfonamides is 1. The fraction of sp³-hybridized carbons (Fsp3) is 0.367. The minimum absolute atomic E-state index is 0.0323. The lowest BCUT2D eigenvalue weighted by Gasteiger charge is -2.33. The first-order valence-corrected chi connectivity index (χ1v) is 16.7. The molecule has 0 radical (unpaired) electrons. The Balaban J connectivity index is 1.39. The summed E-state index contributed by atoms with van der Waals surface area (Å²) in [5.74, 6) is 0.506. The van der Waals surface area contributed by atoms with Crippen molar-refractivity contribution in [1.82, 2.24) is 24.2 Å². The molecule has 4 heterocycles. The Morgan fingerprint density at radius 3 is 2.78 bits per heavy atom. The Bertz CT molecular complexity index is 1970. The number of benzene rings is 2. The van der Waals surface area contributed by atoms with E-state index in [2.05, 4.69) is 21.1 Å². The zero-order chi connectivity index (χ0) is 31.7. The minimum atomic E-state index is -3.80. The predicted octanol–water partition coefficient (Wildman–Crippen LogP) is 3.07. The van der Waals surface area contributed by atoms with Crippen LogP contribution in [0.15, 0.2) is 51.6 Å². The summed E-state index contributed by atoms with van der Waals surface area (Å²) in [4.78, 5) is 36.9. The summed E-state index contributed by atoms with van der Waals surface area (Å²) in [5, 5.41) is 13.5. The molecular weight excluding hydrogens is 619 g/mol. The number of aromatic nitrogens is 3. The van der Waals surface area contributed by atoms with Crippen LogP contribution in [0.5, 0.6) is 0 Å². The maximum Gasteiger partial charge on any atom is 0.410 e. The molecule has 0 bridgehead atoms. The first kappa shape index (κ1) is 30.7. The fourth-order valence-electron chi connectivity index (χ4n) is 5.64. The van der Waals surface area contributed by atoms with Crippen molar-refractivity contribution in [2.75, 3.05) is 38.7 Å². The highest BCUT2D eigenvalue weighted by Gasteiger charge is 2.38. The minimum Gasteiger partial charge on any atom is -0.447 e. The summed E-state index contributed by atoms with van der Waals surface area (Å²) in [6, 6.07) is 12.6. The molecule has 0 aliphatic carbocycles. The van der Waals surface area contributed by atoms with Gasteiger partial charge in [-0.3, -0.25) is 9.36 Å². The quantitative estimate of drug-likeness (QED) is 0.244. The number of rotatable bonds is 10. The van der Waals surface area contributed by atoms with E-state index in [4.69, 9.17) is 19.7 Å². The molecule has 2 aromatic carbocycles. The van der Waals surface area contributed by atoms with Crippen LogP contribution in [-0.4, -0.2) is 79.4 Å². The number of amides is 1. The number of ether oxygens (including phenoxy) is 2. The second kappa shape index (κ2) is 12.6. The Morgan fingerprint density at radius 2 is 2.02 bits per heavy atom. The second-order valence-electron chi connectivity index (χ2n) is 10.9. The van der Waals surface area contributed by atoms with Gasteiger partial charge in [-0.15, -0.1) is 11.3 Å². The summed E-state index contributed by atoms with van der Waals surface area (Å²) in [7, 11) is -2.31. The molecule has 45 heavy (non-hydrogen) atoms. The molecular formula is C30H31N7O6S2. The van der Waals surface area contributed by atoms with Crippen molar-refractivity contribution in [2.24, 2.45) is 0 Å². The molecule has 4 aromatic rings. The largest absolute Gasteiger partial charge is 0.447 e. The Labute approximate surface area is 263 Å². The van der Waals surface area contributed by atoms with Gasteiger partial charge in [0.05, 0.1) is 47.9 Å². The van der Waals surface area contributed by atoms with Gasteiger partial charge in [-0.25, -0.2) is 27.9 Å². The van der Waals surface area contributed by atoms with Crippen molar-refractivity contribution >= 4 is 44.0 Å². The lowest BCUT2D eigenvalue weighted by atomic mass is 9.97. The number of carbonyl (C=O) groups excluding carboxylic acids is 1. The van der Waals surface area contributed by atoms with E-state index in [0.717, 1.165) is 16.9 Å². The van der Waals surface area contributed by atoms with Crippen molar-refractivity contribution in [3.8, 4) is 16.6 Å². The monoisotopic (exact) mass is 649 g/mol. The summed E-state index contributed by atoms with van der Waals surface area (Å²) in [6.45, 7) is 3.26. The van der Waals surface area contributed by atoms with E-state index in [1.165, 1.54) is 13.3 Å². The van der Waals surface area contributed by atoms with Crippen LogP contribution < -0.4 is 15.6 Å². The summed E-state index contributed by atoms with van der Waals surface area (Å²) >= 11 is 1.02. The van der Waals surface area contributed by atoms with Crippen LogP contribution in [0.1, 0.15) is 29.8 Å². The number of hydrogen-bond donors (Lipinski definition) is 2. The maximum atomic E-state index is 13.9. The number of piperidine rings is 1. The number of nitrogens with one attached hydrogen (secondary N) is 2. The molecule has 2 saturated heterocycles. The van der Waals surface area contributed by atoms with Crippen LogP contribution in [0.3, 0.4) is 0 Å². The molecule has 2 aromatic heterocycles. The van der Waals surface area contributed by atoms with Crippen LogP contribution in [-0.2, 0) is 26.0 Å². The fourth-order valence-corrected chi connectivity index (χ4v) is 7.86. The van der Waals surface area contributed by atoms with E-state index in [-0.39, 0.29) is 47.6 Å². The third-order valence-electron chi connectivity index (χ3n) is 8.00. The van der Waals surface area contributed by atoms with E-state index in [0.29, 0.717) is 64.5 Å². The maximum absolute atomic E-state index is 13.9. The number of cyclic esters (lactones) is 1. The SMILES string of the molecule is COCCNS(=O)(=O)c1cnc(-c2cc3nc(C)n(Cc4ccc(C#N)cc4)c(=O)c3cc2N[C@H]2CCN3C(=O)OC[C@@H]3C2)s1. The van der Waals surface area contributed by atoms with Crippen molar-refractivity contribution in [3.05, 3.63) is 69.9 Å². The molecule has 2 fully saturated rings. The molecule has 2 atom stereocenters. The van der Waals surface area contributed by atoms with Crippen LogP contribution in [0.25, 0.3) is 21.5 Å². The predicted molar refractivity (Wildman–Crippen MR) is 168 cm³/mol. The third-order valence-corrected chi connectivity index (χ3v) is 10.9. The topological polar surface area (TPSA) is 169 Å². The molecule has 1 amide bonds. The zero-order valence-electron chi connectivity index (χ0n) is 24.6. The molecule has 2 aliphatic heterocycles. The number of carbonyl (C=O) groups is 1. The van der Waals surface area contributed by atoms with Crippen molar-refractivity contribution < 1.29 is 22.7 Å². The Kier molecular flexibility index (Phi) is 8.56. The average Bonchev–Trinajstić information content (AvgIpc) is 3.67. The van der Waals surface area contributed by atoms with E-state index >= 15 is 0 Å². The first-order chi connectivity index (χ1) is 21.7. The van der Waals surface area contributed by atoms with Gasteiger partial charge in [0.15, 0.2) is 4.21 Å². The van der Waals surface area contributed by atoms with E-state index in [1.807, 2.05) is 12.1 Å². The Hall–Kier alpha value is -4.36. The number of aryl methyl sites for hydroxylation is 1. The van der Waals surface area contributed by atoms with Crippen LogP contribution >= 0.6 is 11.3 Å². The van der Waals surface area contributed by atoms with Gasteiger partial charge in [0, 0.05) is 37.5 Å². The third kappa shape index (κ3) is 6.27. The standard InChI is InChI=1S/C30H31N7O6S2/c1-18-34-26-12-23(28-32-15-27(44-28)45(40,41)33-8-10-42-2)25(35-21-7-9-36-22(11-21)17-43-30(36)39)13-24(26)29(38)37(18)16-20-5-3-19(14-31)4-6-20/h3-6,12-13,15,21-22,33,35H,7-11,16-17H2,1-2H3/t21-,22-/m0/s1. The molecule has 0 saturated carbocycles. The number of anilines is 1. The van der Waals surface area contributed by atoms with Gasteiger partial charge in [-0.1, -0.05) is 12.1 Å². The Morgan fingerprint density at radius 1 is 1.22 bits per heavy atom. The number of fused-ring (bicyclic) bond motifs is 2. The number of hydrogen-bond acceptors (Lipinski definition) is 11. The molecule has 2 N–H and O–H groups in total. The van der Waals surface area contributed by atoms with Gasteiger partial charge in [0.2, 0.25) is 0 Å². The normalized spacial score (nSPS) is 18.1. The van der Waals surface area contributed by atoms with Gasteiger partial charge >= 0.3 is 6.09 Å². The van der Waals surface area contributed by atoms with Crippen LogP contribution in [0.2, 0.25) is 0 Å². The summed E-state index contributed by atoms with van der Waals surface area (Å²) in [6.07, 6.45) is 2.33. The highest BCUT2D eigenvalue weighted by Crippen LogP contribution is 2.37. The zero-order valence-corrected chi connectivity index (χ0v) is 26.3. The summed E-state index contributed by atoms with van der Waals surface area (Å²) in [5.41, 5.74) is 2.84. The van der Waals surface area contributed by atoms with Gasteiger partial charge < -0.3 is 19.7 Å². The van der Waals surface area contributed by atoms with Crippen LogP contribution in [0.4, 0.5) is 10.5 Å². The van der Waals surface area contributed by atoms with Crippen LogP contribution in [0, 0.1) is 18.3 Å². The summed E-state index contributed by atoms with van der Waals surface area (Å²) < 4.78 is 40.1. The lowest BCUT2D eigenvalue weighted by molar-refractivity contribution is 0.153. The van der Waals surface area contributed by atoms with Crippen molar-refractivity contribution in [2.45, 2.75) is 42.6 Å². The molecule has 15 heteroatoms. The van der Waals surface area contributed by atoms with E-state index < -0.39 is 10.0 Å². The van der Waals surface area contributed by atoms with E-state index in [9.17, 15) is 18.0 Å². The van der Waals surface area contributed by atoms with Crippen molar-refractivity contribution in [1.29, 1.82) is 5.26 Å². The van der Waals surface area contributed by atoms with Gasteiger partial charge in [-0.2, -0.15) is 5.26 Å². The molecule has 234 valence electrons. The smallest absolute Gasteiger partial charge is 0.410 e. The molecule has 6 rings (SSSR count). The van der Waals surface area contributed by atoms with Crippen molar-refractivity contribution in [3.63, 3.8) is 0 Å². The highest BCUT2D eigenvalue weighted by atomic mass is 32.2. The lowest BCUT2D eigenvalue weighted by Crippen LogP contribution is -2.45. The van der Waals surface area contributed by atoms with Gasteiger partial charge in [0.1, 0.15) is 17.4 Å². The molecule has 0 spiro atoms. The van der Waals surface area contributed by atoms with Gasteiger partial charge in [-0.05, 0) is 49.6 Å². The first-order valence-electron chi connectivity index (χ1n) is 14.4. The molecule has 13 nitrogen and oxygen atoms in total. The number of nitrogens with zero attached hydrogens (tertiary/aromatic N) is 5. The number of methoxy groups -OCH3 is 1. The highest BCUT2D eigenvalue weighted by molar-refractivity contribution is 7.91.